The Hall–Kier alpha value is -3.20. The lowest BCUT2D eigenvalue weighted by molar-refractivity contribution is -0.150. The monoisotopic (exact) mass is 426 g/mol. The number of fused-ring (bicyclic) bond motifs is 1. The Kier molecular flexibility index (Phi) is 7.18. The van der Waals surface area contributed by atoms with Crippen molar-refractivity contribution in [3.63, 3.8) is 0 Å². The summed E-state index contributed by atoms with van der Waals surface area (Å²) < 4.78 is 6.26. The molecule has 3 rings (SSSR count). The highest BCUT2D eigenvalue weighted by Crippen LogP contribution is 2.08. The zero-order chi connectivity index (χ0) is 21.5. The average Bonchev–Trinajstić information content (AvgIpc) is 2.76. The highest BCUT2D eigenvalue weighted by molar-refractivity contribution is 7.98. The fraction of sp³-hybridized carbons (Fsp3) is 0.286. The summed E-state index contributed by atoms with van der Waals surface area (Å²) in [6.07, 6.45) is 2.31. The number of esters is 1. The first-order valence-electron chi connectivity index (χ1n) is 9.35. The number of aryl methyl sites for hydroxylation is 1. The van der Waals surface area contributed by atoms with Gasteiger partial charge in [-0.05, 0) is 49.6 Å². The van der Waals surface area contributed by atoms with Gasteiger partial charge in [0.2, 0.25) is 0 Å². The van der Waals surface area contributed by atoms with E-state index in [4.69, 9.17) is 4.74 Å². The van der Waals surface area contributed by atoms with Gasteiger partial charge in [-0.2, -0.15) is 16.4 Å². The number of hydrogen-bond donors (Lipinski definition) is 1. The molecule has 0 saturated carbocycles. The third kappa shape index (κ3) is 5.24. The molecule has 0 aliphatic heterocycles. The lowest BCUT2D eigenvalue weighted by atomic mass is 10.1. The van der Waals surface area contributed by atoms with E-state index in [-0.39, 0.29) is 12.6 Å². The molecule has 156 valence electrons. The molecule has 1 atom stereocenters. The summed E-state index contributed by atoms with van der Waals surface area (Å²) in [5.74, 6) is -0.333. The summed E-state index contributed by atoms with van der Waals surface area (Å²) in [6, 6.07) is 13.1. The Balaban J connectivity index is 1.70. The lowest BCUT2D eigenvalue weighted by Gasteiger charge is -2.17. The van der Waals surface area contributed by atoms with Crippen LogP contribution in [0.25, 0.3) is 10.9 Å². The van der Waals surface area contributed by atoms with Crippen LogP contribution in [-0.2, 0) is 16.3 Å². The Bertz CT molecular complexity index is 1120. The smallest absolute Gasteiger partial charge is 0.330 e. The van der Waals surface area contributed by atoms with Gasteiger partial charge in [0, 0.05) is 5.56 Å². The average molecular weight is 426 g/mol. The van der Waals surface area contributed by atoms with Crippen molar-refractivity contribution in [2.45, 2.75) is 26.1 Å². The number of benzene rings is 2. The van der Waals surface area contributed by atoms with Crippen molar-refractivity contribution in [1.29, 1.82) is 0 Å². The molecule has 1 heterocycles. The number of nitrogens with zero attached hydrogens (tertiary/aromatic N) is 3. The van der Waals surface area contributed by atoms with Gasteiger partial charge in [0.1, 0.15) is 11.6 Å². The summed E-state index contributed by atoms with van der Waals surface area (Å²) >= 11 is 1.55. The van der Waals surface area contributed by atoms with Crippen LogP contribution >= 0.6 is 11.8 Å². The molecule has 0 radical (unpaired) electrons. The van der Waals surface area contributed by atoms with E-state index in [0.29, 0.717) is 28.6 Å². The number of hydrogen-bond acceptors (Lipinski definition) is 7. The van der Waals surface area contributed by atoms with Crippen LogP contribution < -0.4 is 10.9 Å². The molecule has 30 heavy (non-hydrogen) atoms. The van der Waals surface area contributed by atoms with Crippen LogP contribution in [-0.4, -0.2) is 44.9 Å². The summed E-state index contributed by atoms with van der Waals surface area (Å²) in [7, 11) is 0. The number of carbonyl (C=O) groups is 2. The van der Waals surface area contributed by atoms with E-state index in [1.165, 1.54) is 0 Å². The number of carbonyl (C=O) groups excluding carboxylic acids is 2. The van der Waals surface area contributed by atoms with Crippen molar-refractivity contribution < 1.29 is 14.3 Å². The molecule has 0 saturated heterocycles. The lowest BCUT2D eigenvalue weighted by Crippen LogP contribution is -2.43. The maximum atomic E-state index is 12.6. The molecule has 0 aliphatic carbocycles. The van der Waals surface area contributed by atoms with E-state index in [2.05, 4.69) is 15.6 Å². The summed E-state index contributed by atoms with van der Waals surface area (Å²) in [6.45, 7) is 1.50. The van der Waals surface area contributed by atoms with Gasteiger partial charge >= 0.3 is 5.97 Å². The summed E-state index contributed by atoms with van der Waals surface area (Å²) in [4.78, 5) is 37.6. The molecule has 0 fully saturated rings. The van der Waals surface area contributed by atoms with Crippen molar-refractivity contribution in [3.8, 4) is 0 Å². The van der Waals surface area contributed by atoms with Crippen molar-refractivity contribution >= 4 is 34.5 Å². The minimum absolute atomic E-state index is 0.357. The fourth-order valence-electron chi connectivity index (χ4n) is 2.85. The zero-order valence-corrected chi connectivity index (χ0v) is 17.5. The normalized spacial score (nSPS) is 11.8. The first kappa shape index (κ1) is 21.5. The molecule has 0 bridgehead atoms. The first-order chi connectivity index (χ1) is 14.5. The van der Waals surface area contributed by atoms with E-state index in [0.717, 1.165) is 10.2 Å². The predicted octanol–water partition coefficient (Wildman–Crippen LogP) is 2.15. The molecule has 1 amide bonds. The van der Waals surface area contributed by atoms with E-state index in [1.807, 2.05) is 19.2 Å². The number of rotatable bonds is 8. The van der Waals surface area contributed by atoms with Crippen molar-refractivity contribution in [2.75, 3.05) is 12.0 Å². The first-order valence-corrected chi connectivity index (χ1v) is 10.7. The number of ether oxygens (including phenoxy) is 1. The van der Waals surface area contributed by atoms with Gasteiger partial charge in [-0.15, -0.1) is 5.10 Å². The molecule has 0 spiro atoms. The van der Waals surface area contributed by atoms with Crippen LogP contribution in [0.4, 0.5) is 0 Å². The van der Waals surface area contributed by atoms with Crippen molar-refractivity contribution in [3.05, 3.63) is 70.0 Å². The van der Waals surface area contributed by atoms with Crippen LogP contribution in [0, 0.1) is 6.92 Å². The SMILES string of the molecule is CSCCC(NC(=O)c1cccc(C)c1)C(=O)OCn1nnc2ccccc2c1=O. The minimum atomic E-state index is -0.838. The molecule has 8 nitrogen and oxygen atoms in total. The van der Waals surface area contributed by atoms with Gasteiger partial charge in [-0.1, -0.05) is 35.0 Å². The van der Waals surface area contributed by atoms with Crippen molar-refractivity contribution in [1.82, 2.24) is 20.3 Å². The maximum Gasteiger partial charge on any atom is 0.330 e. The zero-order valence-electron chi connectivity index (χ0n) is 16.7. The highest BCUT2D eigenvalue weighted by Gasteiger charge is 2.23. The fourth-order valence-corrected chi connectivity index (χ4v) is 3.32. The molecular formula is C21H22N4O4S. The number of aromatic nitrogens is 3. The second kappa shape index (κ2) is 10.0. The van der Waals surface area contributed by atoms with Gasteiger partial charge in [0.25, 0.3) is 11.5 Å². The standard InChI is InChI=1S/C21H22N4O4S/c1-14-6-5-7-15(12-14)19(26)22-18(10-11-30-2)21(28)29-13-25-20(27)16-8-3-4-9-17(16)23-24-25/h3-9,12,18H,10-11,13H2,1-2H3,(H,22,26). The van der Waals surface area contributed by atoms with Crippen LogP contribution in [0.3, 0.4) is 0 Å². The Morgan fingerprint density at radius 1 is 1.20 bits per heavy atom. The maximum absolute atomic E-state index is 12.6. The number of amides is 1. The highest BCUT2D eigenvalue weighted by atomic mass is 32.2. The van der Waals surface area contributed by atoms with E-state index >= 15 is 0 Å². The van der Waals surface area contributed by atoms with Gasteiger partial charge < -0.3 is 10.1 Å². The van der Waals surface area contributed by atoms with Crippen LogP contribution in [0.15, 0.2) is 53.3 Å². The van der Waals surface area contributed by atoms with Gasteiger partial charge in [0.15, 0.2) is 6.73 Å². The Morgan fingerprint density at radius 2 is 2.00 bits per heavy atom. The van der Waals surface area contributed by atoms with Gasteiger partial charge in [0.05, 0.1) is 5.39 Å². The third-order valence-electron chi connectivity index (χ3n) is 4.44. The summed E-state index contributed by atoms with van der Waals surface area (Å²) in [5, 5.41) is 10.9. The molecule has 3 aromatic rings. The quantitative estimate of drug-likeness (QED) is 0.551. The molecule has 1 N–H and O–H groups in total. The topological polar surface area (TPSA) is 103 Å². The largest absolute Gasteiger partial charge is 0.441 e. The molecule has 0 aliphatic rings. The molecule has 1 unspecified atom stereocenters. The third-order valence-corrected chi connectivity index (χ3v) is 5.08. The summed E-state index contributed by atoms with van der Waals surface area (Å²) in [5.41, 5.74) is 1.47. The van der Waals surface area contributed by atoms with Crippen LogP contribution in [0.1, 0.15) is 22.3 Å². The number of thioether (sulfide) groups is 1. The molecule has 1 aromatic heterocycles. The Labute approximate surface area is 177 Å². The van der Waals surface area contributed by atoms with Crippen LogP contribution in [0.2, 0.25) is 0 Å². The second-order valence-electron chi connectivity index (χ2n) is 6.68. The minimum Gasteiger partial charge on any atom is -0.441 e. The molecule has 2 aromatic carbocycles. The van der Waals surface area contributed by atoms with E-state index in [9.17, 15) is 14.4 Å². The van der Waals surface area contributed by atoms with Crippen molar-refractivity contribution in [2.24, 2.45) is 0 Å². The predicted molar refractivity (Wildman–Crippen MR) is 115 cm³/mol. The molecule has 9 heteroatoms. The van der Waals surface area contributed by atoms with E-state index < -0.39 is 17.6 Å². The number of nitrogens with one attached hydrogen (secondary N) is 1. The van der Waals surface area contributed by atoms with E-state index in [1.54, 1.807) is 54.2 Å². The Morgan fingerprint density at radius 3 is 2.77 bits per heavy atom. The van der Waals surface area contributed by atoms with Gasteiger partial charge in [-0.3, -0.25) is 9.59 Å². The van der Waals surface area contributed by atoms with Crippen LogP contribution in [0.5, 0.6) is 0 Å². The van der Waals surface area contributed by atoms with Gasteiger partial charge in [-0.25, -0.2) is 4.79 Å². The molecular weight excluding hydrogens is 404 g/mol. The second-order valence-corrected chi connectivity index (χ2v) is 7.67.